The SMILES string of the molecule is CN=C(NCC(=O)N1CCc2sccc2C1)N(C)Cc1ccc(C(F)(F)F)cc1. The molecule has 0 radical (unpaired) electrons. The van der Waals surface area contributed by atoms with Gasteiger partial charge in [0, 0.05) is 38.6 Å². The van der Waals surface area contributed by atoms with Gasteiger partial charge in [0.2, 0.25) is 5.91 Å². The van der Waals surface area contributed by atoms with Crippen molar-refractivity contribution in [2.75, 3.05) is 27.2 Å². The number of benzene rings is 1. The van der Waals surface area contributed by atoms with Gasteiger partial charge in [0.1, 0.15) is 0 Å². The summed E-state index contributed by atoms with van der Waals surface area (Å²) in [6.45, 7) is 1.81. The Morgan fingerprint density at radius 1 is 1.28 bits per heavy atom. The highest BCUT2D eigenvalue weighted by Gasteiger charge is 2.30. The Morgan fingerprint density at radius 3 is 2.66 bits per heavy atom. The number of alkyl halides is 3. The number of guanidine groups is 1. The van der Waals surface area contributed by atoms with E-state index in [2.05, 4.69) is 21.8 Å². The molecule has 9 heteroatoms. The second kappa shape index (κ2) is 8.86. The molecule has 3 rings (SSSR count). The van der Waals surface area contributed by atoms with Gasteiger partial charge in [0.15, 0.2) is 5.96 Å². The molecule has 1 aromatic heterocycles. The van der Waals surface area contributed by atoms with Crippen LogP contribution in [0.1, 0.15) is 21.6 Å². The van der Waals surface area contributed by atoms with Crippen molar-refractivity contribution in [3.8, 4) is 0 Å². The zero-order valence-electron chi connectivity index (χ0n) is 16.3. The lowest BCUT2D eigenvalue weighted by molar-refractivity contribution is -0.137. The molecule has 0 saturated heterocycles. The van der Waals surface area contributed by atoms with Gasteiger partial charge in [-0.25, -0.2) is 0 Å². The van der Waals surface area contributed by atoms with Gasteiger partial charge in [-0.2, -0.15) is 13.2 Å². The summed E-state index contributed by atoms with van der Waals surface area (Å²) >= 11 is 1.73. The summed E-state index contributed by atoms with van der Waals surface area (Å²) in [5, 5.41) is 5.10. The Morgan fingerprint density at radius 2 is 2.00 bits per heavy atom. The molecule has 1 N–H and O–H groups in total. The van der Waals surface area contributed by atoms with Crippen molar-refractivity contribution < 1.29 is 18.0 Å². The van der Waals surface area contributed by atoms with Gasteiger partial charge in [-0.05, 0) is 41.1 Å². The Bertz CT molecular complexity index is 877. The largest absolute Gasteiger partial charge is 0.416 e. The number of hydrogen-bond acceptors (Lipinski definition) is 3. The second-order valence-corrected chi connectivity index (χ2v) is 7.89. The summed E-state index contributed by atoms with van der Waals surface area (Å²) in [5.74, 6) is 0.498. The molecule has 1 aliphatic rings. The average Bonchev–Trinajstić information content (AvgIpc) is 3.15. The Labute approximate surface area is 171 Å². The minimum atomic E-state index is -4.35. The molecular weight excluding hydrogens is 401 g/mol. The lowest BCUT2D eigenvalue weighted by atomic mass is 10.1. The van der Waals surface area contributed by atoms with Crippen LogP contribution in [-0.4, -0.2) is 48.9 Å². The molecule has 29 heavy (non-hydrogen) atoms. The highest BCUT2D eigenvalue weighted by Crippen LogP contribution is 2.29. The number of nitrogens with zero attached hydrogens (tertiary/aromatic N) is 3. The maximum atomic E-state index is 12.7. The lowest BCUT2D eigenvalue weighted by Gasteiger charge is -2.28. The van der Waals surface area contributed by atoms with Crippen molar-refractivity contribution in [1.29, 1.82) is 0 Å². The fourth-order valence-electron chi connectivity index (χ4n) is 3.26. The fourth-order valence-corrected chi connectivity index (χ4v) is 4.15. The van der Waals surface area contributed by atoms with Gasteiger partial charge in [-0.3, -0.25) is 9.79 Å². The molecular formula is C20H23F3N4OS. The molecule has 0 aliphatic carbocycles. The number of halogens is 3. The van der Waals surface area contributed by atoms with E-state index in [0.29, 0.717) is 25.6 Å². The number of carbonyl (C=O) groups excluding carboxylic acids is 1. The average molecular weight is 424 g/mol. The van der Waals surface area contributed by atoms with E-state index in [0.717, 1.165) is 24.1 Å². The monoisotopic (exact) mass is 424 g/mol. The number of hydrogen-bond donors (Lipinski definition) is 1. The first kappa shape index (κ1) is 21.2. The van der Waals surface area contributed by atoms with Crippen LogP contribution in [0.4, 0.5) is 13.2 Å². The number of carbonyl (C=O) groups is 1. The summed E-state index contributed by atoms with van der Waals surface area (Å²) < 4.78 is 38.0. The minimum absolute atomic E-state index is 0.00840. The van der Waals surface area contributed by atoms with Crippen LogP contribution in [0.25, 0.3) is 0 Å². The van der Waals surface area contributed by atoms with E-state index >= 15 is 0 Å². The van der Waals surface area contributed by atoms with Gasteiger partial charge in [0.05, 0.1) is 12.1 Å². The summed E-state index contributed by atoms with van der Waals surface area (Å²) in [7, 11) is 3.38. The van der Waals surface area contributed by atoms with E-state index in [4.69, 9.17) is 0 Å². The van der Waals surface area contributed by atoms with E-state index in [1.54, 1.807) is 30.3 Å². The highest BCUT2D eigenvalue weighted by atomic mass is 32.1. The number of thiophene rings is 1. The molecule has 0 saturated carbocycles. The number of amides is 1. The molecule has 0 fully saturated rings. The van der Waals surface area contributed by atoms with Crippen molar-refractivity contribution in [2.45, 2.75) is 25.7 Å². The minimum Gasteiger partial charge on any atom is -0.347 e. The molecule has 1 amide bonds. The van der Waals surface area contributed by atoms with Crippen molar-refractivity contribution in [3.63, 3.8) is 0 Å². The number of rotatable bonds is 4. The summed E-state index contributed by atoms with van der Waals surface area (Å²) in [4.78, 5) is 21.7. The molecule has 0 atom stereocenters. The summed E-state index contributed by atoms with van der Waals surface area (Å²) in [6.07, 6.45) is -3.47. The Balaban J connectivity index is 1.52. The third-order valence-electron chi connectivity index (χ3n) is 4.83. The van der Waals surface area contributed by atoms with E-state index in [-0.39, 0.29) is 12.5 Å². The molecule has 1 aromatic carbocycles. The zero-order chi connectivity index (χ0) is 21.0. The molecule has 2 heterocycles. The van der Waals surface area contributed by atoms with Crippen molar-refractivity contribution in [2.24, 2.45) is 4.99 Å². The van der Waals surface area contributed by atoms with Crippen LogP contribution in [0, 0.1) is 0 Å². The second-order valence-electron chi connectivity index (χ2n) is 6.89. The van der Waals surface area contributed by atoms with Gasteiger partial charge in [0.25, 0.3) is 0 Å². The summed E-state index contributed by atoms with van der Waals surface area (Å²) in [5.41, 5.74) is 1.25. The van der Waals surface area contributed by atoms with Gasteiger partial charge in [-0.15, -0.1) is 11.3 Å². The highest BCUT2D eigenvalue weighted by molar-refractivity contribution is 7.10. The molecule has 1 aliphatic heterocycles. The lowest BCUT2D eigenvalue weighted by Crippen LogP contribution is -2.46. The van der Waals surface area contributed by atoms with E-state index in [1.807, 2.05) is 4.90 Å². The third kappa shape index (κ3) is 5.29. The number of nitrogens with one attached hydrogen (secondary N) is 1. The summed E-state index contributed by atoms with van der Waals surface area (Å²) in [6, 6.07) is 7.09. The van der Waals surface area contributed by atoms with Crippen LogP contribution in [0.2, 0.25) is 0 Å². The molecule has 0 bridgehead atoms. The van der Waals surface area contributed by atoms with Crippen LogP contribution < -0.4 is 5.32 Å². The van der Waals surface area contributed by atoms with Crippen molar-refractivity contribution in [1.82, 2.24) is 15.1 Å². The standard InChI is InChI=1S/C20H23F3N4OS/c1-24-19(26(2)12-14-3-5-16(6-4-14)20(21,22)23)25-11-18(28)27-9-7-17-15(13-27)8-10-29-17/h3-6,8,10H,7,9,11-13H2,1-2H3,(H,24,25). The maximum Gasteiger partial charge on any atom is 0.416 e. The maximum absolute atomic E-state index is 12.7. The first-order valence-electron chi connectivity index (χ1n) is 9.19. The number of fused-ring (bicyclic) bond motifs is 1. The molecule has 5 nitrogen and oxygen atoms in total. The molecule has 156 valence electrons. The first-order chi connectivity index (χ1) is 13.8. The molecule has 0 spiro atoms. The van der Waals surface area contributed by atoms with Crippen LogP contribution in [0.15, 0.2) is 40.7 Å². The smallest absolute Gasteiger partial charge is 0.347 e. The Kier molecular flexibility index (Phi) is 6.46. The zero-order valence-corrected chi connectivity index (χ0v) is 17.1. The normalized spacial score (nSPS) is 14.5. The third-order valence-corrected chi connectivity index (χ3v) is 5.86. The van der Waals surface area contributed by atoms with E-state index in [1.165, 1.54) is 22.6 Å². The van der Waals surface area contributed by atoms with Crippen LogP contribution in [0.3, 0.4) is 0 Å². The van der Waals surface area contributed by atoms with Gasteiger partial charge in [-0.1, -0.05) is 12.1 Å². The van der Waals surface area contributed by atoms with Crippen LogP contribution >= 0.6 is 11.3 Å². The van der Waals surface area contributed by atoms with Crippen LogP contribution in [0.5, 0.6) is 0 Å². The quantitative estimate of drug-likeness (QED) is 0.605. The van der Waals surface area contributed by atoms with Gasteiger partial charge >= 0.3 is 6.18 Å². The van der Waals surface area contributed by atoms with E-state index < -0.39 is 11.7 Å². The Hall–Kier alpha value is -2.55. The van der Waals surface area contributed by atoms with Crippen LogP contribution in [-0.2, 0) is 30.5 Å². The topological polar surface area (TPSA) is 47.9 Å². The predicted molar refractivity (Wildman–Crippen MR) is 108 cm³/mol. The number of aliphatic imine (C=N–C) groups is 1. The van der Waals surface area contributed by atoms with E-state index in [9.17, 15) is 18.0 Å². The molecule has 0 unspecified atom stereocenters. The van der Waals surface area contributed by atoms with Crippen molar-refractivity contribution >= 4 is 23.2 Å². The predicted octanol–water partition coefficient (Wildman–Crippen LogP) is 3.36. The molecule has 2 aromatic rings. The first-order valence-corrected chi connectivity index (χ1v) is 10.1. The van der Waals surface area contributed by atoms with Gasteiger partial charge < -0.3 is 15.1 Å². The van der Waals surface area contributed by atoms with Crippen molar-refractivity contribution in [3.05, 3.63) is 57.3 Å². The fraction of sp³-hybridized carbons (Fsp3) is 0.400.